The molecule has 0 bridgehead atoms. The van der Waals surface area contributed by atoms with Crippen molar-refractivity contribution in [3.05, 3.63) is 34.9 Å². The van der Waals surface area contributed by atoms with Crippen LogP contribution in [-0.2, 0) is 0 Å². The van der Waals surface area contributed by atoms with Crippen molar-refractivity contribution < 1.29 is 18.3 Å². The highest BCUT2D eigenvalue weighted by Gasteiger charge is 2.27. The number of alkyl halides is 3. The second-order valence-corrected chi connectivity index (χ2v) is 4.96. The van der Waals surface area contributed by atoms with Crippen molar-refractivity contribution in [3.63, 3.8) is 0 Å². The highest BCUT2D eigenvalue weighted by atomic mass is 35.5. The minimum absolute atomic E-state index is 0.0637. The van der Waals surface area contributed by atoms with Crippen molar-refractivity contribution >= 4 is 11.6 Å². The van der Waals surface area contributed by atoms with Crippen molar-refractivity contribution in [3.8, 4) is 0 Å². The fourth-order valence-corrected chi connectivity index (χ4v) is 1.85. The summed E-state index contributed by atoms with van der Waals surface area (Å²) >= 11 is 5.81. The molecule has 1 aromatic carbocycles. The van der Waals surface area contributed by atoms with Crippen molar-refractivity contribution in [2.24, 2.45) is 0 Å². The molecule has 1 atom stereocenters. The van der Waals surface area contributed by atoms with Crippen molar-refractivity contribution in [2.45, 2.75) is 25.1 Å². The number of rotatable bonds is 6. The summed E-state index contributed by atoms with van der Waals surface area (Å²) in [6.45, 7) is 0.329. The lowest BCUT2D eigenvalue weighted by molar-refractivity contribution is -0.137. The molecule has 0 saturated carbocycles. The molecule has 0 spiro atoms. The van der Waals surface area contributed by atoms with Gasteiger partial charge in [-0.1, -0.05) is 23.7 Å². The summed E-state index contributed by atoms with van der Waals surface area (Å²) in [5.74, 6) is 0. The molecular weight excluding hydrogens is 279 g/mol. The Labute approximate surface area is 115 Å². The molecule has 1 N–H and O–H groups in total. The van der Waals surface area contributed by atoms with E-state index in [4.69, 9.17) is 11.6 Å². The molecule has 0 aliphatic rings. The van der Waals surface area contributed by atoms with Gasteiger partial charge in [0.2, 0.25) is 0 Å². The Bertz CT molecular complexity index is 398. The van der Waals surface area contributed by atoms with Gasteiger partial charge in [0.25, 0.3) is 0 Å². The highest BCUT2D eigenvalue weighted by molar-refractivity contribution is 6.30. The summed E-state index contributed by atoms with van der Waals surface area (Å²) in [4.78, 5) is 1.56. The van der Waals surface area contributed by atoms with E-state index in [0.29, 0.717) is 23.6 Å². The molecule has 1 unspecified atom stereocenters. The zero-order valence-electron chi connectivity index (χ0n) is 10.6. The maximum atomic E-state index is 12.0. The Morgan fingerprint density at radius 3 is 2.58 bits per heavy atom. The predicted octanol–water partition coefficient (Wildman–Crippen LogP) is 3.65. The Hall–Kier alpha value is -0.780. The first-order chi connectivity index (χ1) is 8.78. The van der Waals surface area contributed by atoms with Gasteiger partial charge in [0.05, 0.1) is 12.5 Å². The smallest absolute Gasteiger partial charge is 0.388 e. The van der Waals surface area contributed by atoms with Crippen LogP contribution >= 0.6 is 11.6 Å². The molecule has 0 aromatic heterocycles. The molecule has 0 fully saturated rings. The number of aliphatic hydroxyl groups is 1. The maximum absolute atomic E-state index is 12.0. The minimum Gasteiger partial charge on any atom is -0.388 e. The minimum atomic E-state index is -4.14. The van der Waals surface area contributed by atoms with E-state index < -0.39 is 18.7 Å². The van der Waals surface area contributed by atoms with Gasteiger partial charge >= 0.3 is 6.18 Å². The number of aliphatic hydroxyl groups excluding tert-OH is 1. The van der Waals surface area contributed by atoms with Gasteiger partial charge in [0, 0.05) is 18.1 Å². The molecule has 0 radical (unpaired) electrons. The molecule has 0 amide bonds. The average molecular weight is 296 g/mol. The first-order valence-corrected chi connectivity index (χ1v) is 6.34. The fourth-order valence-electron chi connectivity index (χ4n) is 1.65. The van der Waals surface area contributed by atoms with Crippen LogP contribution in [-0.4, -0.2) is 36.3 Å². The largest absolute Gasteiger partial charge is 0.390 e. The first-order valence-electron chi connectivity index (χ1n) is 5.97. The second-order valence-electron chi connectivity index (χ2n) is 4.53. The Balaban J connectivity index is 2.36. The molecule has 2 nitrogen and oxygen atoms in total. The Kier molecular flexibility index (Phi) is 6.10. The number of benzene rings is 1. The van der Waals surface area contributed by atoms with Crippen LogP contribution in [0, 0.1) is 0 Å². The molecular formula is C13H17ClF3NO. The van der Waals surface area contributed by atoms with Gasteiger partial charge in [-0.05, 0) is 31.2 Å². The van der Waals surface area contributed by atoms with Gasteiger partial charge in [-0.25, -0.2) is 0 Å². The van der Waals surface area contributed by atoms with Crippen molar-refractivity contribution in [2.75, 3.05) is 20.1 Å². The van der Waals surface area contributed by atoms with E-state index in [1.54, 1.807) is 36.2 Å². The Morgan fingerprint density at radius 2 is 2.00 bits per heavy atom. The average Bonchev–Trinajstić information content (AvgIpc) is 2.32. The van der Waals surface area contributed by atoms with Crippen molar-refractivity contribution in [1.82, 2.24) is 4.90 Å². The molecule has 6 heteroatoms. The van der Waals surface area contributed by atoms with Crippen LogP contribution < -0.4 is 0 Å². The van der Waals surface area contributed by atoms with Crippen LogP contribution in [0.2, 0.25) is 5.02 Å². The van der Waals surface area contributed by atoms with Crippen LogP contribution in [0.3, 0.4) is 0 Å². The molecule has 0 aliphatic heterocycles. The SMILES string of the molecule is CN(CCC(O)c1cccc(Cl)c1)CCC(F)(F)F. The number of nitrogens with zero attached hydrogens (tertiary/aromatic N) is 1. The summed E-state index contributed by atoms with van der Waals surface area (Å²) in [6.07, 6.45) is -5.32. The fraction of sp³-hybridized carbons (Fsp3) is 0.538. The van der Waals surface area contributed by atoms with Gasteiger partial charge in [0.1, 0.15) is 0 Å². The third-order valence-corrected chi connectivity index (χ3v) is 3.03. The summed E-state index contributed by atoms with van der Waals surface area (Å²) < 4.78 is 36.1. The molecule has 1 rings (SSSR count). The van der Waals surface area contributed by atoms with Gasteiger partial charge in [-0.15, -0.1) is 0 Å². The number of hydrogen-bond donors (Lipinski definition) is 1. The lowest BCUT2D eigenvalue weighted by Gasteiger charge is -2.19. The summed E-state index contributed by atoms with van der Waals surface area (Å²) in [5, 5.41) is 10.4. The zero-order valence-corrected chi connectivity index (χ0v) is 11.4. The van der Waals surface area contributed by atoms with Gasteiger partial charge < -0.3 is 10.0 Å². The van der Waals surface area contributed by atoms with Crippen LogP contribution in [0.4, 0.5) is 13.2 Å². The quantitative estimate of drug-likeness (QED) is 0.866. The predicted molar refractivity (Wildman–Crippen MR) is 69.2 cm³/mol. The van der Waals surface area contributed by atoms with E-state index >= 15 is 0 Å². The number of halogens is 4. The normalized spacial score (nSPS) is 13.8. The second kappa shape index (κ2) is 7.12. The van der Waals surface area contributed by atoms with Gasteiger partial charge in [-0.2, -0.15) is 13.2 Å². The van der Waals surface area contributed by atoms with Crippen LogP contribution in [0.15, 0.2) is 24.3 Å². The van der Waals surface area contributed by atoms with E-state index in [1.807, 2.05) is 0 Å². The third-order valence-electron chi connectivity index (χ3n) is 2.79. The number of hydrogen-bond acceptors (Lipinski definition) is 2. The summed E-state index contributed by atoms with van der Waals surface area (Å²) in [6, 6.07) is 6.83. The third kappa shape index (κ3) is 6.80. The van der Waals surface area contributed by atoms with Crippen molar-refractivity contribution in [1.29, 1.82) is 0 Å². The van der Waals surface area contributed by atoms with Crippen LogP contribution in [0.1, 0.15) is 24.5 Å². The monoisotopic (exact) mass is 295 g/mol. The summed E-state index contributed by atoms with van der Waals surface area (Å²) in [5.41, 5.74) is 0.678. The molecule has 19 heavy (non-hydrogen) atoms. The Morgan fingerprint density at radius 1 is 1.32 bits per heavy atom. The molecule has 108 valence electrons. The van der Waals surface area contributed by atoms with E-state index in [0.717, 1.165) is 0 Å². The lowest BCUT2D eigenvalue weighted by atomic mass is 10.1. The molecule has 0 aliphatic carbocycles. The molecule has 0 saturated heterocycles. The highest BCUT2D eigenvalue weighted by Crippen LogP contribution is 2.22. The topological polar surface area (TPSA) is 23.5 Å². The van der Waals surface area contributed by atoms with E-state index in [1.165, 1.54) is 0 Å². The van der Waals surface area contributed by atoms with E-state index in [2.05, 4.69) is 0 Å². The van der Waals surface area contributed by atoms with Crippen LogP contribution in [0.5, 0.6) is 0 Å². The van der Waals surface area contributed by atoms with E-state index in [9.17, 15) is 18.3 Å². The lowest BCUT2D eigenvalue weighted by Crippen LogP contribution is -2.26. The molecule has 1 aromatic rings. The van der Waals surface area contributed by atoms with Gasteiger partial charge in [-0.3, -0.25) is 0 Å². The standard InChI is InChI=1S/C13H17ClF3NO/c1-18(8-6-13(15,16)17)7-5-12(19)10-3-2-4-11(14)9-10/h2-4,9,12,19H,5-8H2,1H3. The molecule has 0 heterocycles. The van der Waals surface area contributed by atoms with E-state index in [-0.39, 0.29) is 6.54 Å². The zero-order chi connectivity index (χ0) is 14.5. The van der Waals surface area contributed by atoms with Gasteiger partial charge in [0.15, 0.2) is 0 Å². The first kappa shape index (κ1) is 16.3. The maximum Gasteiger partial charge on any atom is 0.390 e. The van der Waals surface area contributed by atoms with Crippen LogP contribution in [0.25, 0.3) is 0 Å². The summed E-state index contributed by atoms with van der Waals surface area (Å²) in [7, 11) is 1.61.